The largest absolute Gasteiger partial charge is 0.460 e. The summed E-state index contributed by atoms with van der Waals surface area (Å²) < 4.78 is 18.5. The number of hydrogen-bond donors (Lipinski definition) is 0. The van der Waals surface area contributed by atoms with E-state index in [1.165, 1.54) is 6.33 Å². The van der Waals surface area contributed by atoms with E-state index in [1.54, 1.807) is 34.9 Å². The fourth-order valence-corrected chi connectivity index (χ4v) is 3.17. The van der Waals surface area contributed by atoms with Crippen LogP contribution in [0.1, 0.15) is 16.1 Å². The Morgan fingerprint density at radius 1 is 0.969 bits per heavy atom. The molecule has 4 rings (SSSR count). The average Bonchev–Trinajstić information content (AvgIpc) is 3.21. The number of aromatic nitrogens is 3. The summed E-state index contributed by atoms with van der Waals surface area (Å²) in [5.41, 5.74) is 2.15. The quantitative estimate of drug-likeness (QED) is 0.294. The summed E-state index contributed by atoms with van der Waals surface area (Å²) in [4.78, 5) is 20.4. The van der Waals surface area contributed by atoms with Gasteiger partial charge in [0.15, 0.2) is 0 Å². The van der Waals surface area contributed by atoms with Gasteiger partial charge in [-0.2, -0.15) is 10.2 Å². The average molecular weight is 428 g/mol. The Labute approximate surface area is 184 Å². The summed E-state index contributed by atoms with van der Waals surface area (Å²) in [7, 11) is 0. The number of nitriles is 1. The predicted molar refractivity (Wildman–Crippen MR) is 116 cm³/mol. The van der Waals surface area contributed by atoms with Gasteiger partial charge in [0.2, 0.25) is 5.88 Å². The van der Waals surface area contributed by atoms with Gasteiger partial charge < -0.3 is 18.8 Å². The van der Waals surface area contributed by atoms with E-state index in [2.05, 4.69) is 16.0 Å². The second kappa shape index (κ2) is 10.2. The smallest absolute Gasteiger partial charge is 0.338 e. The molecule has 32 heavy (non-hydrogen) atoms. The van der Waals surface area contributed by atoms with Crippen LogP contribution < -0.4 is 4.74 Å². The zero-order valence-electron chi connectivity index (χ0n) is 17.2. The molecule has 0 aliphatic heterocycles. The molecule has 0 radical (unpaired) electrons. The standard InChI is InChI=1S/C24H20N4O4/c25-16-19-15-21-22(23(27-17-26-21)32-20-9-5-2-6-10-20)28(19)11-12-30-13-14-31-24(29)18-7-3-1-4-8-18/h1-10,15,17H,11-14H2. The number of benzene rings is 2. The molecule has 8 nitrogen and oxygen atoms in total. The number of carbonyl (C=O) groups excluding carboxylic acids is 1. The number of para-hydroxylation sites is 1. The Morgan fingerprint density at radius 3 is 2.47 bits per heavy atom. The highest BCUT2D eigenvalue weighted by atomic mass is 16.6. The Morgan fingerprint density at radius 2 is 1.72 bits per heavy atom. The predicted octanol–water partition coefficient (Wildman–Crippen LogP) is 3.97. The van der Waals surface area contributed by atoms with Gasteiger partial charge in [0.25, 0.3) is 0 Å². The van der Waals surface area contributed by atoms with E-state index in [0.717, 1.165) is 0 Å². The summed E-state index contributed by atoms with van der Waals surface area (Å²) >= 11 is 0. The van der Waals surface area contributed by atoms with Crippen molar-refractivity contribution >= 4 is 17.0 Å². The minimum Gasteiger partial charge on any atom is -0.460 e. The third-order valence-corrected chi connectivity index (χ3v) is 4.65. The highest BCUT2D eigenvalue weighted by Gasteiger charge is 2.16. The van der Waals surface area contributed by atoms with Gasteiger partial charge in [0.1, 0.15) is 36.0 Å². The zero-order chi connectivity index (χ0) is 22.2. The van der Waals surface area contributed by atoms with Gasteiger partial charge in [-0.05, 0) is 24.3 Å². The number of nitrogens with zero attached hydrogens (tertiary/aromatic N) is 4. The van der Waals surface area contributed by atoms with Crippen molar-refractivity contribution in [1.29, 1.82) is 5.26 Å². The van der Waals surface area contributed by atoms with Crippen LogP contribution in [0.3, 0.4) is 0 Å². The van der Waals surface area contributed by atoms with Crippen molar-refractivity contribution in [2.75, 3.05) is 19.8 Å². The second-order valence-corrected chi connectivity index (χ2v) is 6.74. The topological polar surface area (TPSA) is 99.3 Å². The van der Waals surface area contributed by atoms with Crippen molar-refractivity contribution in [3.63, 3.8) is 0 Å². The molecule has 0 aliphatic carbocycles. The van der Waals surface area contributed by atoms with E-state index in [-0.39, 0.29) is 13.2 Å². The van der Waals surface area contributed by atoms with Gasteiger partial charge in [-0.25, -0.2) is 9.78 Å². The van der Waals surface area contributed by atoms with Crippen LogP contribution in [0.5, 0.6) is 11.6 Å². The van der Waals surface area contributed by atoms with E-state index >= 15 is 0 Å². The van der Waals surface area contributed by atoms with Crippen LogP contribution in [-0.2, 0) is 16.0 Å². The lowest BCUT2D eigenvalue weighted by Crippen LogP contribution is -2.14. The van der Waals surface area contributed by atoms with E-state index in [0.29, 0.717) is 47.1 Å². The summed E-state index contributed by atoms with van der Waals surface area (Å²) in [5.74, 6) is 0.604. The molecular weight excluding hydrogens is 408 g/mol. The lowest BCUT2D eigenvalue weighted by Gasteiger charge is -2.11. The third kappa shape index (κ3) is 4.91. The van der Waals surface area contributed by atoms with Gasteiger partial charge in [-0.15, -0.1) is 0 Å². The Balaban J connectivity index is 1.38. The molecule has 0 bridgehead atoms. The van der Waals surface area contributed by atoms with Crippen molar-refractivity contribution < 1.29 is 19.0 Å². The first-order chi connectivity index (χ1) is 15.8. The second-order valence-electron chi connectivity index (χ2n) is 6.74. The third-order valence-electron chi connectivity index (χ3n) is 4.65. The van der Waals surface area contributed by atoms with E-state index in [9.17, 15) is 10.1 Å². The fraction of sp³-hybridized carbons (Fsp3) is 0.167. The van der Waals surface area contributed by atoms with E-state index in [4.69, 9.17) is 14.2 Å². The highest BCUT2D eigenvalue weighted by Crippen LogP contribution is 2.29. The molecular formula is C24H20N4O4. The van der Waals surface area contributed by atoms with Crippen LogP contribution >= 0.6 is 0 Å². The molecule has 0 saturated carbocycles. The number of fused-ring (bicyclic) bond motifs is 1. The van der Waals surface area contributed by atoms with Crippen LogP contribution in [0, 0.1) is 11.3 Å². The van der Waals surface area contributed by atoms with Gasteiger partial charge in [0, 0.05) is 12.6 Å². The lowest BCUT2D eigenvalue weighted by atomic mass is 10.2. The first kappa shape index (κ1) is 21.0. The highest BCUT2D eigenvalue weighted by molar-refractivity contribution is 5.89. The molecule has 2 aromatic carbocycles. The van der Waals surface area contributed by atoms with Gasteiger partial charge >= 0.3 is 5.97 Å². The van der Waals surface area contributed by atoms with Gasteiger partial charge in [-0.1, -0.05) is 36.4 Å². The number of esters is 1. The molecule has 2 heterocycles. The summed E-state index contributed by atoms with van der Waals surface area (Å²) in [6.07, 6.45) is 1.41. The molecule has 4 aromatic rings. The molecule has 0 spiro atoms. The Hall–Kier alpha value is -4.22. The minimum atomic E-state index is -0.391. The Kier molecular flexibility index (Phi) is 6.70. The first-order valence-corrected chi connectivity index (χ1v) is 10.0. The fourth-order valence-electron chi connectivity index (χ4n) is 3.17. The number of carbonyl (C=O) groups is 1. The van der Waals surface area contributed by atoms with Crippen molar-refractivity contribution in [2.24, 2.45) is 0 Å². The molecule has 0 fully saturated rings. The van der Waals surface area contributed by atoms with E-state index < -0.39 is 5.97 Å². The molecule has 0 atom stereocenters. The van der Waals surface area contributed by atoms with Crippen LogP contribution in [0.4, 0.5) is 0 Å². The molecule has 0 aliphatic rings. The summed E-state index contributed by atoms with van der Waals surface area (Å²) in [5, 5.41) is 9.55. The van der Waals surface area contributed by atoms with Crippen molar-refractivity contribution in [3.8, 4) is 17.7 Å². The molecule has 0 unspecified atom stereocenters. The van der Waals surface area contributed by atoms with Gasteiger partial charge in [-0.3, -0.25) is 0 Å². The van der Waals surface area contributed by atoms with Crippen LogP contribution in [-0.4, -0.2) is 40.3 Å². The zero-order valence-corrected chi connectivity index (χ0v) is 17.2. The normalized spacial score (nSPS) is 10.6. The molecule has 160 valence electrons. The maximum Gasteiger partial charge on any atom is 0.338 e. The van der Waals surface area contributed by atoms with Gasteiger partial charge in [0.05, 0.1) is 24.3 Å². The molecule has 8 heteroatoms. The number of rotatable bonds is 9. The molecule has 2 aromatic heterocycles. The molecule has 0 amide bonds. The SMILES string of the molecule is N#Cc1cc2ncnc(Oc3ccccc3)c2n1CCOCCOC(=O)c1ccccc1. The van der Waals surface area contributed by atoms with Crippen LogP contribution in [0.15, 0.2) is 73.1 Å². The minimum absolute atomic E-state index is 0.136. The summed E-state index contributed by atoms with van der Waals surface area (Å²) in [6, 6.07) is 21.9. The van der Waals surface area contributed by atoms with Crippen LogP contribution in [0.2, 0.25) is 0 Å². The monoisotopic (exact) mass is 428 g/mol. The maximum atomic E-state index is 11.9. The van der Waals surface area contributed by atoms with Crippen molar-refractivity contribution in [2.45, 2.75) is 6.54 Å². The maximum absolute atomic E-state index is 11.9. The van der Waals surface area contributed by atoms with Crippen molar-refractivity contribution in [1.82, 2.24) is 14.5 Å². The van der Waals surface area contributed by atoms with E-state index in [1.807, 2.05) is 36.4 Å². The van der Waals surface area contributed by atoms with Crippen molar-refractivity contribution in [3.05, 3.63) is 84.3 Å². The lowest BCUT2D eigenvalue weighted by molar-refractivity contribution is 0.0307. The number of ether oxygens (including phenoxy) is 3. The van der Waals surface area contributed by atoms with Crippen LogP contribution in [0.25, 0.3) is 11.0 Å². The Bertz CT molecular complexity index is 1230. The molecule has 0 saturated heterocycles. The summed E-state index contributed by atoms with van der Waals surface area (Å²) in [6.45, 7) is 1.07. The first-order valence-electron chi connectivity index (χ1n) is 10.0. The molecule has 0 N–H and O–H groups in total. The number of hydrogen-bond acceptors (Lipinski definition) is 7.